The summed E-state index contributed by atoms with van der Waals surface area (Å²) in [4.78, 5) is 25.8. The number of halogens is 2. The Labute approximate surface area is 132 Å². The Morgan fingerprint density at radius 3 is 2.83 bits per heavy atom. The Bertz CT molecular complexity index is 646. The molecule has 3 rings (SSSR count). The zero-order valence-corrected chi connectivity index (χ0v) is 12.8. The summed E-state index contributed by atoms with van der Waals surface area (Å²) in [5.74, 6) is -2.13. The van der Waals surface area contributed by atoms with Crippen LogP contribution in [0.15, 0.2) is 18.2 Å². The molecule has 124 valence electrons. The molecule has 23 heavy (non-hydrogen) atoms. The van der Waals surface area contributed by atoms with E-state index in [2.05, 4.69) is 5.32 Å². The van der Waals surface area contributed by atoms with Gasteiger partial charge in [0.2, 0.25) is 0 Å². The molecule has 7 heteroatoms. The van der Waals surface area contributed by atoms with E-state index >= 15 is 0 Å². The quantitative estimate of drug-likeness (QED) is 0.865. The largest absolute Gasteiger partial charge is 0.378 e. The van der Waals surface area contributed by atoms with Gasteiger partial charge in [-0.25, -0.2) is 13.6 Å². The van der Waals surface area contributed by atoms with Crippen LogP contribution in [0.5, 0.6) is 0 Å². The first kappa shape index (κ1) is 15.9. The van der Waals surface area contributed by atoms with E-state index in [9.17, 15) is 18.4 Å². The van der Waals surface area contributed by atoms with Crippen LogP contribution in [0.1, 0.15) is 31.7 Å². The van der Waals surface area contributed by atoms with E-state index in [0.717, 1.165) is 23.8 Å². The highest BCUT2D eigenvalue weighted by Crippen LogP contribution is 2.31. The molecule has 1 aromatic carbocycles. The first-order valence-corrected chi connectivity index (χ1v) is 7.63. The van der Waals surface area contributed by atoms with Crippen molar-refractivity contribution in [3.05, 3.63) is 35.4 Å². The van der Waals surface area contributed by atoms with Crippen molar-refractivity contribution in [2.75, 3.05) is 13.2 Å². The van der Waals surface area contributed by atoms with Crippen LogP contribution >= 0.6 is 0 Å². The van der Waals surface area contributed by atoms with Gasteiger partial charge in [-0.3, -0.25) is 9.69 Å². The van der Waals surface area contributed by atoms with Crippen molar-refractivity contribution < 1.29 is 23.1 Å². The van der Waals surface area contributed by atoms with Gasteiger partial charge in [-0.15, -0.1) is 0 Å². The zero-order chi connectivity index (χ0) is 16.6. The topological polar surface area (TPSA) is 58.6 Å². The second-order valence-corrected chi connectivity index (χ2v) is 6.06. The molecule has 3 amide bonds. The molecule has 2 fully saturated rings. The maximum absolute atomic E-state index is 14.0. The lowest BCUT2D eigenvalue weighted by molar-refractivity contribution is -0.131. The third-order valence-electron chi connectivity index (χ3n) is 4.44. The lowest BCUT2D eigenvalue weighted by atomic mass is 9.91. The van der Waals surface area contributed by atoms with Gasteiger partial charge in [0.1, 0.15) is 17.2 Å². The number of imide groups is 1. The number of ether oxygens (including phenoxy) is 1. The molecule has 2 aliphatic heterocycles. The number of urea groups is 1. The van der Waals surface area contributed by atoms with Gasteiger partial charge in [-0.1, -0.05) is 6.07 Å². The predicted molar refractivity (Wildman–Crippen MR) is 77.5 cm³/mol. The highest BCUT2D eigenvalue weighted by molar-refractivity contribution is 6.07. The fraction of sp³-hybridized carbons (Fsp3) is 0.500. The molecule has 2 saturated heterocycles. The third kappa shape index (κ3) is 2.81. The number of rotatable bonds is 4. The van der Waals surface area contributed by atoms with Gasteiger partial charge in [0.15, 0.2) is 0 Å². The summed E-state index contributed by atoms with van der Waals surface area (Å²) in [6, 6.07) is 2.39. The lowest BCUT2D eigenvalue weighted by Crippen LogP contribution is -2.42. The van der Waals surface area contributed by atoms with E-state index in [4.69, 9.17) is 4.74 Å². The van der Waals surface area contributed by atoms with Crippen molar-refractivity contribution in [2.24, 2.45) is 0 Å². The van der Waals surface area contributed by atoms with Gasteiger partial charge in [-0.05, 0) is 32.3 Å². The summed E-state index contributed by atoms with van der Waals surface area (Å²) in [5, 5.41) is 2.52. The lowest BCUT2D eigenvalue weighted by Gasteiger charge is -2.23. The minimum absolute atomic E-state index is 0.0446. The molecule has 0 aromatic heterocycles. The number of hydrogen-bond donors (Lipinski definition) is 1. The fourth-order valence-corrected chi connectivity index (χ4v) is 3.12. The molecule has 0 radical (unpaired) electrons. The Balaban J connectivity index is 1.78. The van der Waals surface area contributed by atoms with Crippen LogP contribution in [0.4, 0.5) is 13.6 Å². The Morgan fingerprint density at radius 1 is 1.39 bits per heavy atom. The molecule has 1 N–H and O–H groups in total. The van der Waals surface area contributed by atoms with Crippen molar-refractivity contribution in [3.63, 3.8) is 0 Å². The molecular formula is C16H18F2N2O3. The molecule has 2 atom stereocenters. The fourth-order valence-electron chi connectivity index (χ4n) is 3.12. The van der Waals surface area contributed by atoms with Gasteiger partial charge in [-0.2, -0.15) is 0 Å². The van der Waals surface area contributed by atoms with Crippen LogP contribution in [0.3, 0.4) is 0 Å². The van der Waals surface area contributed by atoms with Crippen LogP contribution in [0, 0.1) is 11.6 Å². The molecule has 2 aliphatic rings. The maximum atomic E-state index is 14.0. The van der Waals surface area contributed by atoms with Gasteiger partial charge in [0.25, 0.3) is 5.91 Å². The Hall–Kier alpha value is -2.02. The maximum Gasteiger partial charge on any atom is 0.325 e. The van der Waals surface area contributed by atoms with Crippen LogP contribution in [-0.2, 0) is 15.1 Å². The minimum Gasteiger partial charge on any atom is -0.378 e. The molecule has 1 aromatic rings. The Kier molecular flexibility index (Phi) is 4.06. The summed E-state index contributed by atoms with van der Waals surface area (Å²) in [7, 11) is 0. The number of nitrogens with one attached hydrogen (secondary N) is 1. The Morgan fingerprint density at radius 2 is 2.17 bits per heavy atom. The number of amides is 3. The molecule has 0 spiro atoms. The van der Waals surface area contributed by atoms with Crippen molar-refractivity contribution in [3.8, 4) is 0 Å². The van der Waals surface area contributed by atoms with Crippen LogP contribution in [-0.4, -0.2) is 36.1 Å². The van der Waals surface area contributed by atoms with Crippen LogP contribution in [0.25, 0.3) is 0 Å². The normalized spacial score (nSPS) is 27.6. The predicted octanol–water partition coefficient (Wildman–Crippen LogP) is 2.30. The summed E-state index contributed by atoms with van der Waals surface area (Å²) < 4.78 is 32.6. The number of hydrogen-bond acceptors (Lipinski definition) is 3. The molecule has 0 saturated carbocycles. The molecule has 5 nitrogen and oxygen atoms in total. The van der Waals surface area contributed by atoms with Crippen molar-refractivity contribution >= 4 is 11.9 Å². The van der Waals surface area contributed by atoms with Crippen molar-refractivity contribution in [2.45, 2.75) is 37.8 Å². The summed E-state index contributed by atoms with van der Waals surface area (Å²) >= 11 is 0. The molecule has 0 aliphatic carbocycles. The minimum atomic E-state index is -1.52. The third-order valence-corrected chi connectivity index (χ3v) is 4.44. The summed E-state index contributed by atoms with van der Waals surface area (Å²) in [6.45, 7) is 2.34. The SMILES string of the molecule is C[C@@]1(c2ccc(F)cc2F)NC(=O)N(CC[C@H]2CCCO2)C1=O. The second-order valence-electron chi connectivity index (χ2n) is 6.06. The number of benzene rings is 1. The van der Waals surface area contributed by atoms with Gasteiger partial charge in [0.05, 0.1) is 6.10 Å². The number of carbonyl (C=O) groups is 2. The smallest absolute Gasteiger partial charge is 0.325 e. The van der Waals surface area contributed by atoms with E-state index in [1.54, 1.807) is 0 Å². The van der Waals surface area contributed by atoms with Crippen LogP contribution in [0.2, 0.25) is 0 Å². The van der Waals surface area contributed by atoms with Gasteiger partial charge >= 0.3 is 6.03 Å². The molecular weight excluding hydrogens is 306 g/mol. The van der Waals surface area contributed by atoms with E-state index in [1.165, 1.54) is 13.0 Å². The second kappa shape index (κ2) is 5.88. The molecule has 0 unspecified atom stereocenters. The van der Waals surface area contributed by atoms with E-state index in [-0.39, 0.29) is 18.2 Å². The van der Waals surface area contributed by atoms with Gasteiger partial charge in [0, 0.05) is 24.8 Å². The standard InChI is InChI=1S/C16H18F2N2O3/c1-16(12-5-4-10(17)9-13(12)18)14(21)20(15(22)19-16)7-6-11-3-2-8-23-11/h4-5,9,11H,2-3,6-8H2,1H3,(H,19,22)/t11-,16+/m1/s1. The van der Waals surface area contributed by atoms with E-state index in [0.29, 0.717) is 19.1 Å². The summed E-state index contributed by atoms with van der Waals surface area (Å²) in [6.07, 6.45) is 2.49. The monoisotopic (exact) mass is 324 g/mol. The average molecular weight is 324 g/mol. The first-order chi connectivity index (χ1) is 10.9. The first-order valence-electron chi connectivity index (χ1n) is 7.63. The summed E-state index contributed by atoms with van der Waals surface area (Å²) in [5.41, 5.74) is -1.57. The highest BCUT2D eigenvalue weighted by atomic mass is 19.1. The van der Waals surface area contributed by atoms with Crippen LogP contribution < -0.4 is 5.32 Å². The van der Waals surface area contributed by atoms with E-state index < -0.39 is 29.1 Å². The van der Waals surface area contributed by atoms with Crippen molar-refractivity contribution in [1.82, 2.24) is 10.2 Å². The van der Waals surface area contributed by atoms with Crippen molar-refractivity contribution in [1.29, 1.82) is 0 Å². The zero-order valence-electron chi connectivity index (χ0n) is 12.8. The molecule has 0 bridgehead atoms. The highest BCUT2D eigenvalue weighted by Gasteiger charge is 2.50. The number of nitrogens with zero attached hydrogens (tertiary/aromatic N) is 1. The molecule has 2 heterocycles. The van der Waals surface area contributed by atoms with E-state index in [1.807, 2.05) is 0 Å². The van der Waals surface area contributed by atoms with Gasteiger partial charge < -0.3 is 10.1 Å². The average Bonchev–Trinajstić information content (AvgIpc) is 3.06. The number of carbonyl (C=O) groups excluding carboxylic acids is 2.